The van der Waals surface area contributed by atoms with Crippen molar-refractivity contribution in [1.82, 2.24) is 9.97 Å². The minimum Gasteiger partial charge on any atom is -0.481 e. The molecule has 0 bridgehead atoms. The van der Waals surface area contributed by atoms with E-state index in [0.29, 0.717) is 12.2 Å². The van der Waals surface area contributed by atoms with Crippen LogP contribution in [0.15, 0.2) is 6.07 Å². The number of anilines is 1. The highest BCUT2D eigenvalue weighted by Gasteiger charge is 1.99. The van der Waals surface area contributed by atoms with E-state index in [1.165, 1.54) is 13.2 Å². The molecule has 1 aromatic rings. The molecule has 1 heterocycles. The Kier molecular flexibility index (Phi) is 2.00. The number of hydrogen-bond donors (Lipinski definition) is 1. The van der Waals surface area contributed by atoms with E-state index in [1.54, 1.807) is 0 Å². The predicted molar refractivity (Wildman–Crippen MR) is 38.4 cm³/mol. The summed E-state index contributed by atoms with van der Waals surface area (Å²) in [6.07, 6.45) is 0.584. The third-order valence-electron chi connectivity index (χ3n) is 1.07. The van der Waals surface area contributed by atoms with E-state index in [4.69, 9.17) is 10.5 Å². The Labute approximate surface area is 63.2 Å². The van der Waals surface area contributed by atoms with Crippen molar-refractivity contribution in [2.75, 3.05) is 12.8 Å². The minimum absolute atomic E-state index is 0.0338. The van der Waals surface area contributed by atoms with Crippen LogP contribution in [0, 0.1) is 0 Å². The molecule has 0 saturated carbocycles. The summed E-state index contributed by atoms with van der Waals surface area (Å²) in [7, 11) is 1.44. The number of aldehydes is 1. The van der Waals surface area contributed by atoms with Crippen molar-refractivity contribution in [3.63, 3.8) is 0 Å². The largest absolute Gasteiger partial charge is 0.481 e. The number of carbonyl (C=O) groups is 1. The van der Waals surface area contributed by atoms with Gasteiger partial charge in [-0.3, -0.25) is 4.79 Å². The number of rotatable bonds is 2. The Morgan fingerprint density at radius 1 is 1.64 bits per heavy atom. The molecule has 0 unspecified atom stereocenters. The van der Waals surface area contributed by atoms with Gasteiger partial charge in [0.25, 0.3) is 0 Å². The van der Waals surface area contributed by atoms with E-state index in [9.17, 15) is 4.79 Å². The molecule has 1 aromatic heterocycles. The van der Waals surface area contributed by atoms with Gasteiger partial charge in [-0.25, -0.2) is 4.98 Å². The van der Waals surface area contributed by atoms with Crippen LogP contribution in [0.5, 0.6) is 5.88 Å². The number of nitrogen functional groups attached to an aromatic ring is 1. The summed E-state index contributed by atoms with van der Waals surface area (Å²) in [4.78, 5) is 17.5. The first kappa shape index (κ1) is 7.46. The SMILES string of the molecule is COc1cc(C=O)nc(N)n1. The van der Waals surface area contributed by atoms with Crippen molar-refractivity contribution in [3.8, 4) is 5.88 Å². The lowest BCUT2D eigenvalue weighted by molar-refractivity contribution is 0.111. The zero-order valence-electron chi connectivity index (χ0n) is 5.94. The summed E-state index contributed by atoms with van der Waals surface area (Å²) in [5.41, 5.74) is 5.47. The Hall–Kier alpha value is -1.65. The molecule has 0 spiro atoms. The molecule has 2 N–H and O–H groups in total. The number of carbonyl (C=O) groups excluding carboxylic acids is 1. The van der Waals surface area contributed by atoms with Crippen LogP contribution in [0.1, 0.15) is 10.5 Å². The lowest BCUT2D eigenvalue weighted by Gasteiger charge is -1.98. The van der Waals surface area contributed by atoms with Crippen LogP contribution in [0.2, 0.25) is 0 Å². The van der Waals surface area contributed by atoms with E-state index in [0.717, 1.165) is 0 Å². The van der Waals surface area contributed by atoms with Crippen molar-refractivity contribution < 1.29 is 9.53 Å². The van der Waals surface area contributed by atoms with Crippen molar-refractivity contribution in [3.05, 3.63) is 11.8 Å². The molecule has 0 fully saturated rings. The Morgan fingerprint density at radius 3 is 2.91 bits per heavy atom. The van der Waals surface area contributed by atoms with Gasteiger partial charge in [-0.1, -0.05) is 0 Å². The van der Waals surface area contributed by atoms with Gasteiger partial charge in [-0.15, -0.1) is 0 Å². The summed E-state index contributed by atoms with van der Waals surface area (Å²) in [5.74, 6) is 0.325. The molecule has 58 valence electrons. The fourth-order valence-corrected chi connectivity index (χ4v) is 0.626. The van der Waals surface area contributed by atoms with E-state index >= 15 is 0 Å². The molecule has 5 heteroatoms. The maximum Gasteiger partial charge on any atom is 0.223 e. The van der Waals surface area contributed by atoms with Gasteiger partial charge in [-0.2, -0.15) is 4.98 Å². The molecule has 0 aliphatic heterocycles. The highest BCUT2D eigenvalue weighted by molar-refractivity contribution is 5.72. The molecule has 0 aliphatic carbocycles. The minimum atomic E-state index is 0.0338. The average molecular weight is 153 g/mol. The molecule has 0 aromatic carbocycles. The van der Waals surface area contributed by atoms with Gasteiger partial charge in [0.2, 0.25) is 11.8 Å². The fraction of sp³-hybridized carbons (Fsp3) is 0.167. The standard InChI is InChI=1S/C6H7N3O2/c1-11-5-2-4(3-10)8-6(7)9-5/h2-3H,1H3,(H2,7,8,9). The smallest absolute Gasteiger partial charge is 0.223 e. The number of methoxy groups -OCH3 is 1. The summed E-state index contributed by atoms with van der Waals surface area (Å²) < 4.78 is 4.75. The van der Waals surface area contributed by atoms with Crippen molar-refractivity contribution in [2.45, 2.75) is 0 Å². The van der Waals surface area contributed by atoms with Crippen LogP contribution in [-0.2, 0) is 0 Å². The van der Waals surface area contributed by atoms with Gasteiger partial charge in [0, 0.05) is 6.07 Å². The normalized spacial score (nSPS) is 9.18. The first-order chi connectivity index (χ1) is 5.26. The molecule has 11 heavy (non-hydrogen) atoms. The van der Waals surface area contributed by atoms with Gasteiger partial charge in [0.15, 0.2) is 6.29 Å². The quantitative estimate of drug-likeness (QED) is 0.599. The van der Waals surface area contributed by atoms with Crippen molar-refractivity contribution in [1.29, 1.82) is 0 Å². The highest BCUT2D eigenvalue weighted by Crippen LogP contribution is 2.07. The first-order valence-electron chi connectivity index (χ1n) is 2.90. The lowest BCUT2D eigenvalue weighted by atomic mass is 10.4. The molecule has 0 aliphatic rings. The lowest BCUT2D eigenvalue weighted by Crippen LogP contribution is -2.00. The molecule has 1 rings (SSSR count). The molecule has 0 atom stereocenters. The topological polar surface area (TPSA) is 78.1 Å². The summed E-state index contributed by atoms with van der Waals surface area (Å²) >= 11 is 0. The molecule has 0 radical (unpaired) electrons. The first-order valence-corrected chi connectivity index (χ1v) is 2.90. The second-order valence-electron chi connectivity index (χ2n) is 1.81. The van der Waals surface area contributed by atoms with Crippen LogP contribution >= 0.6 is 0 Å². The van der Waals surface area contributed by atoms with Crippen LogP contribution in [0.3, 0.4) is 0 Å². The number of ether oxygens (including phenoxy) is 1. The van der Waals surface area contributed by atoms with E-state index in [1.807, 2.05) is 0 Å². The van der Waals surface area contributed by atoms with E-state index < -0.39 is 0 Å². The zero-order chi connectivity index (χ0) is 8.27. The fourth-order valence-electron chi connectivity index (χ4n) is 0.626. The third-order valence-corrected chi connectivity index (χ3v) is 1.07. The molecular formula is C6H7N3O2. The number of hydrogen-bond acceptors (Lipinski definition) is 5. The van der Waals surface area contributed by atoms with E-state index in [-0.39, 0.29) is 11.6 Å². The second-order valence-corrected chi connectivity index (χ2v) is 1.81. The average Bonchev–Trinajstić information content (AvgIpc) is 2.03. The van der Waals surface area contributed by atoms with Crippen LogP contribution in [0.25, 0.3) is 0 Å². The van der Waals surface area contributed by atoms with Gasteiger partial charge in [0.1, 0.15) is 5.69 Å². The number of aromatic nitrogens is 2. The maximum absolute atomic E-state index is 10.2. The summed E-state index contributed by atoms with van der Waals surface area (Å²) in [5, 5.41) is 0. The van der Waals surface area contributed by atoms with Crippen LogP contribution in [0.4, 0.5) is 5.95 Å². The molecule has 0 amide bonds. The van der Waals surface area contributed by atoms with Crippen molar-refractivity contribution >= 4 is 12.2 Å². The number of nitrogens with zero attached hydrogens (tertiary/aromatic N) is 2. The van der Waals surface area contributed by atoms with E-state index in [2.05, 4.69) is 9.97 Å². The highest BCUT2D eigenvalue weighted by atomic mass is 16.5. The molecule has 5 nitrogen and oxygen atoms in total. The Morgan fingerprint density at radius 2 is 2.36 bits per heavy atom. The summed E-state index contributed by atoms with van der Waals surface area (Å²) in [6.45, 7) is 0. The maximum atomic E-state index is 10.2. The van der Waals surface area contributed by atoms with Gasteiger partial charge >= 0.3 is 0 Å². The third kappa shape index (κ3) is 1.64. The monoisotopic (exact) mass is 153 g/mol. The van der Waals surface area contributed by atoms with Crippen molar-refractivity contribution in [2.24, 2.45) is 0 Å². The Bertz CT molecular complexity index is 275. The summed E-state index contributed by atoms with van der Waals surface area (Å²) in [6, 6.07) is 1.41. The van der Waals surface area contributed by atoms with Crippen LogP contribution < -0.4 is 10.5 Å². The van der Waals surface area contributed by atoms with Gasteiger partial charge in [-0.05, 0) is 0 Å². The number of nitrogens with two attached hydrogens (primary N) is 1. The molecule has 0 saturated heterocycles. The Balaban J connectivity index is 3.11. The van der Waals surface area contributed by atoms with Gasteiger partial charge < -0.3 is 10.5 Å². The van der Waals surface area contributed by atoms with Gasteiger partial charge in [0.05, 0.1) is 7.11 Å². The van der Waals surface area contributed by atoms with Crippen LogP contribution in [-0.4, -0.2) is 23.4 Å². The second kappa shape index (κ2) is 2.96. The zero-order valence-corrected chi connectivity index (χ0v) is 5.94. The predicted octanol–water partition coefficient (Wildman–Crippen LogP) is -0.120. The molecular weight excluding hydrogens is 146 g/mol.